The predicted molar refractivity (Wildman–Crippen MR) is 109 cm³/mol. The molecule has 0 radical (unpaired) electrons. The van der Waals surface area contributed by atoms with Crippen LogP contribution in [0.15, 0.2) is 21.9 Å². The monoisotopic (exact) mass is 566 g/mol. The molecule has 21 heteroatoms. The number of H-pyrrole nitrogens is 1. The number of ether oxygens (including phenoxy) is 3. The lowest BCUT2D eigenvalue weighted by atomic mass is 9.98. The van der Waals surface area contributed by atoms with Gasteiger partial charge in [0, 0.05) is 12.3 Å². The standard InChI is InChI=1S/C15H24N2O17P2/c18-4-15(35(26,27)34-36(28,29)30)11(24)8(21)10(23)13(33-15)31-3-5-7(20)9(22)12(32-5)17-2-1-6(19)16-14(17)25/h1-2,5,7-13,18,20-24H,3-4H2,(H,26,27)(H,16,19,25)(H2,28,29,30)/t5-,7-,8-,9-,10-,11-,12-,13?,15+/m1/s1. The van der Waals surface area contributed by atoms with E-state index in [-0.39, 0.29) is 0 Å². The molecule has 10 atom stereocenters. The van der Waals surface area contributed by atoms with Gasteiger partial charge in [-0.1, -0.05) is 0 Å². The molecule has 3 heterocycles. The Morgan fingerprint density at radius 2 is 1.67 bits per heavy atom. The Morgan fingerprint density at radius 1 is 1.03 bits per heavy atom. The van der Waals surface area contributed by atoms with Crippen molar-refractivity contribution in [2.24, 2.45) is 0 Å². The number of aliphatic hydroxyl groups excluding tert-OH is 6. The minimum absolute atomic E-state index is 0.746. The number of nitrogens with zero attached hydrogens (tertiary/aromatic N) is 1. The van der Waals surface area contributed by atoms with Gasteiger partial charge in [0.05, 0.1) is 13.2 Å². The van der Waals surface area contributed by atoms with E-state index in [0.29, 0.717) is 0 Å². The lowest BCUT2D eigenvalue weighted by molar-refractivity contribution is -0.322. The van der Waals surface area contributed by atoms with Gasteiger partial charge in [-0.2, -0.15) is 0 Å². The molecule has 0 aliphatic carbocycles. The van der Waals surface area contributed by atoms with Crippen LogP contribution >= 0.6 is 15.4 Å². The summed E-state index contributed by atoms with van der Waals surface area (Å²) in [5.41, 5.74) is -1.73. The van der Waals surface area contributed by atoms with Crippen LogP contribution in [0.5, 0.6) is 0 Å². The number of aliphatic hydroxyl groups is 6. The van der Waals surface area contributed by atoms with Crippen molar-refractivity contribution in [2.45, 2.75) is 54.5 Å². The Hall–Kier alpha value is -1.38. The van der Waals surface area contributed by atoms with Gasteiger partial charge in [-0.3, -0.25) is 18.9 Å². The summed E-state index contributed by atoms with van der Waals surface area (Å²) in [7, 11) is -11.5. The van der Waals surface area contributed by atoms with Crippen LogP contribution in [0.3, 0.4) is 0 Å². The molecule has 2 aliphatic heterocycles. The van der Waals surface area contributed by atoms with E-state index >= 15 is 0 Å². The Labute approximate surface area is 199 Å². The molecule has 2 unspecified atom stereocenters. The highest BCUT2D eigenvalue weighted by atomic mass is 31.3. The molecular weight excluding hydrogens is 542 g/mol. The molecule has 0 bridgehead atoms. The third-order valence-electron chi connectivity index (χ3n) is 5.54. The first-order valence-electron chi connectivity index (χ1n) is 9.92. The van der Waals surface area contributed by atoms with E-state index < -0.39 is 94.4 Å². The van der Waals surface area contributed by atoms with Crippen LogP contribution in [0, 0.1) is 0 Å². The van der Waals surface area contributed by atoms with Crippen molar-refractivity contribution in [3.05, 3.63) is 33.1 Å². The van der Waals surface area contributed by atoms with E-state index in [1.165, 1.54) is 0 Å². The molecule has 0 amide bonds. The number of nitrogens with one attached hydrogen (secondary N) is 1. The molecular formula is C15H24N2O17P2. The number of hydrogen-bond donors (Lipinski definition) is 10. The lowest BCUT2D eigenvalue weighted by Gasteiger charge is -2.48. The quantitative estimate of drug-likeness (QED) is 0.131. The molecule has 2 aliphatic rings. The summed E-state index contributed by atoms with van der Waals surface area (Å²) < 4.78 is 43.7. The van der Waals surface area contributed by atoms with E-state index in [2.05, 4.69) is 4.31 Å². The van der Waals surface area contributed by atoms with Crippen LogP contribution in [0.2, 0.25) is 0 Å². The van der Waals surface area contributed by atoms with E-state index in [4.69, 9.17) is 24.0 Å². The van der Waals surface area contributed by atoms with Gasteiger partial charge in [0.2, 0.25) is 5.34 Å². The van der Waals surface area contributed by atoms with Gasteiger partial charge < -0.3 is 59.5 Å². The van der Waals surface area contributed by atoms with Crippen molar-refractivity contribution >= 4 is 15.4 Å². The Bertz CT molecular complexity index is 1150. The fourth-order valence-electron chi connectivity index (χ4n) is 3.67. The summed E-state index contributed by atoms with van der Waals surface area (Å²) in [6.45, 7) is -2.47. The molecule has 19 nitrogen and oxygen atoms in total. The first-order chi connectivity index (χ1) is 16.5. The normalized spacial score (nSPS) is 39.1. The average molecular weight is 566 g/mol. The number of rotatable bonds is 8. The molecule has 1 aromatic heterocycles. The fraction of sp³-hybridized carbons (Fsp3) is 0.733. The minimum Gasteiger partial charge on any atom is -0.393 e. The van der Waals surface area contributed by atoms with Crippen LogP contribution in [-0.2, 0) is 27.7 Å². The summed E-state index contributed by atoms with van der Waals surface area (Å²) in [6.07, 6.45) is -14.9. The highest BCUT2D eigenvalue weighted by molar-refractivity contribution is 7.64. The first-order valence-corrected chi connectivity index (χ1v) is 13.0. The zero-order valence-electron chi connectivity index (χ0n) is 17.8. The molecule has 10 N–H and O–H groups in total. The average Bonchev–Trinajstić information content (AvgIpc) is 3.04. The van der Waals surface area contributed by atoms with Gasteiger partial charge in [-0.25, -0.2) is 13.7 Å². The fourth-order valence-corrected chi connectivity index (χ4v) is 6.28. The smallest absolute Gasteiger partial charge is 0.393 e. The summed E-state index contributed by atoms with van der Waals surface area (Å²) in [6, 6.07) is 0.938. The summed E-state index contributed by atoms with van der Waals surface area (Å²) in [5, 5.41) is 57.4. The molecule has 3 rings (SSSR count). The van der Waals surface area contributed by atoms with Gasteiger partial charge in [0.15, 0.2) is 12.5 Å². The van der Waals surface area contributed by atoms with Gasteiger partial charge >= 0.3 is 21.1 Å². The SMILES string of the molecule is O=c1ccn([C@@H]2O[C@H](COC3O[C@@](CO)(P(=O)(O)OP(=O)(O)O)[C@H](O)[C@H](O)[C@H]3O)[C@@H](O)[C@H]2O)c(=O)[nH]1. The third kappa shape index (κ3) is 5.41. The maximum atomic E-state index is 12.5. The maximum absolute atomic E-state index is 12.5. The second-order valence-corrected chi connectivity index (χ2v) is 11.3. The van der Waals surface area contributed by atoms with Crippen molar-refractivity contribution in [1.82, 2.24) is 9.55 Å². The summed E-state index contributed by atoms with van der Waals surface area (Å²) >= 11 is 0. The van der Waals surface area contributed by atoms with Gasteiger partial charge in [-0.15, -0.1) is 0 Å². The molecule has 2 fully saturated rings. The molecule has 0 spiro atoms. The van der Waals surface area contributed by atoms with Crippen molar-refractivity contribution < 1.29 is 73.0 Å². The molecule has 0 saturated carbocycles. The number of hydrogen-bond acceptors (Lipinski definition) is 14. The molecule has 2 saturated heterocycles. The van der Waals surface area contributed by atoms with Crippen molar-refractivity contribution in [3.8, 4) is 0 Å². The molecule has 0 aromatic carbocycles. The second kappa shape index (κ2) is 10.4. The number of aromatic nitrogens is 2. The highest BCUT2D eigenvalue weighted by Gasteiger charge is 2.65. The number of phosphoric acid groups is 1. The third-order valence-corrected chi connectivity index (χ3v) is 8.75. The molecule has 206 valence electrons. The van der Waals surface area contributed by atoms with Crippen LogP contribution in [-0.4, -0.2) is 116 Å². The summed E-state index contributed by atoms with van der Waals surface area (Å²) in [4.78, 5) is 53.0. The van der Waals surface area contributed by atoms with Crippen LogP contribution in [0.25, 0.3) is 0 Å². The zero-order valence-corrected chi connectivity index (χ0v) is 19.6. The second-order valence-electron chi connectivity index (χ2n) is 7.90. The van der Waals surface area contributed by atoms with E-state index in [1.807, 2.05) is 4.98 Å². The highest BCUT2D eigenvalue weighted by Crippen LogP contribution is 2.67. The Kier molecular flexibility index (Phi) is 8.44. The Balaban J connectivity index is 1.80. The van der Waals surface area contributed by atoms with E-state index in [9.17, 15) is 54.3 Å². The van der Waals surface area contributed by atoms with Crippen molar-refractivity contribution in [1.29, 1.82) is 0 Å². The Morgan fingerprint density at radius 3 is 2.22 bits per heavy atom. The predicted octanol–water partition coefficient (Wildman–Crippen LogP) is -5.41. The minimum atomic E-state index is -5.83. The van der Waals surface area contributed by atoms with E-state index in [1.54, 1.807) is 0 Å². The van der Waals surface area contributed by atoms with E-state index in [0.717, 1.165) is 16.8 Å². The maximum Gasteiger partial charge on any atom is 0.476 e. The molecule has 36 heavy (non-hydrogen) atoms. The topological polar surface area (TPSA) is 308 Å². The lowest BCUT2D eigenvalue weighted by Crippen LogP contribution is -2.66. The zero-order chi connectivity index (χ0) is 27.2. The first kappa shape index (κ1) is 29.2. The molecule has 1 aromatic rings. The van der Waals surface area contributed by atoms with Crippen molar-refractivity contribution in [3.63, 3.8) is 0 Å². The van der Waals surface area contributed by atoms with Gasteiger partial charge in [0.1, 0.15) is 36.6 Å². The number of aromatic amines is 1. The summed E-state index contributed by atoms with van der Waals surface area (Å²) in [5.74, 6) is 0. The van der Waals surface area contributed by atoms with Crippen LogP contribution < -0.4 is 11.2 Å². The largest absolute Gasteiger partial charge is 0.476 e. The van der Waals surface area contributed by atoms with Gasteiger partial charge in [-0.05, 0) is 0 Å². The van der Waals surface area contributed by atoms with Crippen LogP contribution in [0.4, 0.5) is 0 Å². The van der Waals surface area contributed by atoms with Gasteiger partial charge in [0.25, 0.3) is 5.56 Å². The van der Waals surface area contributed by atoms with Crippen molar-refractivity contribution in [2.75, 3.05) is 13.2 Å². The van der Waals surface area contributed by atoms with Crippen LogP contribution in [0.1, 0.15) is 6.23 Å².